The fourth-order valence-electron chi connectivity index (χ4n) is 2.03. The number of hydrogen-bond acceptors (Lipinski definition) is 3. The first kappa shape index (κ1) is 13.8. The highest BCUT2D eigenvalue weighted by molar-refractivity contribution is 6.34. The highest BCUT2D eigenvalue weighted by Gasteiger charge is 2.30. The smallest absolute Gasteiger partial charge is 0.208 e. The number of benzene rings is 2. The van der Waals surface area contributed by atoms with Crippen molar-refractivity contribution in [2.75, 3.05) is 6.61 Å². The molecular weight excluding hydrogens is 302 g/mol. The third-order valence-electron chi connectivity index (χ3n) is 3.08. The summed E-state index contributed by atoms with van der Waals surface area (Å²) in [6.45, 7) is -0.0226. The molecule has 0 N–H and O–H groups in total. The number of hydrogen-bond donors (Lipinski definition) is 0. The number of Topliss-reactive ketones (excluding diaryl/α,β-unsaturated/α-hetero) is 1. The van der Waals surface area contributed by atoms with E-state index in [1.165, 1.54) is 0 Å². The van der Waals surface area contributed by atoms with Crippen molar-refractivity contribution in [1.29, 1.82) is 0 Å². The number of fused-ring (bicyclic) bond motifs is 1. The van der Waals surface area contributed by atoms with Gasteiger partial charge in [0.15, 0.2) is 29.2 Å². The van der Waals surface area contributed by atoms with Gasteiger partial charge in [-0.2, -0.15) is 0 Å². The van der Waals surface area contributed by atoms with Crippen molar-refractivity contribution in [1.82, 2.24) is 0 Å². The lowest BCUT2D eigenvalue weighted by molar-refractivity contribution is 0.0585. The molecule has 3 rings (SSSR count). The van der Waals surface area contributed by atoms with Crippen LogP contribution in [0.4, 0.5) is 8.78 Å². The van der Waals surface area contributed by atoms with Crippen LogP contribution in [0.5, 0.6) is 11.5 Å². The molecule has 0 bridgehead atoms. The molecule has 108 valence electrons. The van der Waals surface area contributed by atoms with Crippen molar-refractivity contribution in [3.63, 3.8) is 0 Å². The largest absolute Gasteiger partial charge is 0.485 e. The molecule has 1 aliphatic heterocycles. The quantitative estimate of drug-likeness (QED) is 0.627. The molecule has 0 aromatic heterocycles. The topological polar surface area (TPSA) is 35.5 Å². The van der Waals surface area contributed by atoms with Gasteiger partial charge in [0, 0.05) is 5.56 Å². The molecule has 1 aliphatic rings. The van der Waals surface area contributed by atoms with E-state index in [4.69, 9.17) is 21.1 Å². The van der Waals surface area contributed by atoms with Gasteiger partial charge in [-0.1, -0.05) is 23.7 Å². The lowest BCUT2D eigenvalue weighted by Crippen LogP contribution is -2.36. The Hall–Kier alpha value is -2.14. The van der Waals surface area contributed by atoms with Crippen LogP contribution in [0.3, 0.4) is 0 Å². The number of halogens is 3. The van der Waals surface area contributed by atoms with Gasteiger partial charge in [-0.05, 0) is 24.3 Å². The summed E-state index contributed by atoms with van der Waals surface area (Å²) in [4.78, 5) is 12.3. The summed E-state index contributed by atoms with van der Waals surface area (Å²) < 4.78 is 37.2. The zero-order valence-corrected chi connectivity index (χ0v) is 11.4. The molecule has 0 fully saturated rings. The zero-order chi connectivity index (χ0) is 15.0. The van der Waals surface area contributed by atoms with Crippen LogP contribution in [0, 0.1) is 11.6 Å². The van der Waals surface area contributed by atoms with Crippen molar-refractivity contribution >= 4 is 17.4 Å². The molecular formula is C15H9ClF2O3. The summed E-state index contributed by atoms with van der Waals surface area (Å²) in [5.41, 5.74) is -0.136. The van der Waals surface area contributed by atoms with E-state index in [1.807, 2.05) is 0 Å². The Morgan fingerprint density at radius 2 is 1.81 bits per heavy atom. The predicted molar refractivity (Wildman–Crippen MR) is 72.1 cm³/mol. The third kappa shape index (κ3) is 2.56. The standard InChI is InChI=1S/C15H9ClF2O3/c16-9-6-11(18)10(17)5-8(9)15(19)14-7-20-12-3-1-2-4-13(12)21-14/h1-6,14H,7H2. The molecule has 3 nitrogen and oxygen atoms in total. The number of ketones is 1. The van der Waals surface area contributed by atoms with Crippen LogP contribution >= 0.6 is 11.6 Å². The van der Waals surface area contributed by atoms with Gasteiger partial charge in [-0.25, -0.2) is 8.78 Å². The van der Waals surface area contributed by atoms with Gasteiger partial charge in [0.1, 0.15) is 6.61 Å². The molecule has 0 aliphatic carbocycles. The van der Waals surface area contributed by atoms with Crippen LogP contribution in [0.25, 0.3) is 0 Å². The Morgan fingerprint density at radius 3 is 2.57 bits per heavy atom. The maximum Gasteiger partial charge on any atom is 0.208 e. The Morgan fingerprint density at radius 1 is 1.14 bits per heavy atom. The second kappa shape index (κ2) is 5.33. The maximum atomic E-state index is 13.3. The van der Waals surface area contributed by atoms with Crippen LogP contribution in [0.2, 0.25) is 5.02 Å². The van der Waals surface area contributed by atoms with Crippen molar-refractivity contribution < 1.29 is 23.0 Å². The van der Waals surface area contributed by atoms with Gasteiger partial charge in [-0.15, -0.1) is 0 Å². The molecule has 2 aromatic rings. The minimum absolute atomic E-state index is 0.0226. The van der Waals surface area contributed by atoms with E-state index in [9.17, 15) is 13.6 Å². The molecule has 2 aromatic carbocycles. The fraction of sp³-hybridized carbons (Fsp3) is 0.133. The monoisotopic (exact) mass is 310 g/mol. The van der Waals surface area contributed by atoms with Crippen LogP contribution < -0.4 is 9.47 Å². The lowest BCUT2D eigenvalue weighted by atomic mass is 10.1. The Bertz CT molecular complexity index is 718. The molecule has 0 saturated heterocycles. The van der Waals surface area contributed by atoms with E-state index in [2.05, 4.69) is 0 Å². The number of ether oxygens (including phenoxy) is 2. The predicted octanol–water partition coefficient (Wildman–Crippen LogP) is 3.64. The fourth-order valence-corrected chi connectivity index (χ4v) is 2.28. The van der Waals surface area contributed by atoms with Crippen molar-refractivity contribution in [3.05, 3.63) is 58.6 Å². The summed E-state index contributed by atoms with van der Waals surface area (Å²) in [6, 6.07) is 8.41. The van der Waals surface area contributed by atoms with Gasteiger partial charge in [0.2, 0.25) is 5.78 Å². The minimum Gasteiger partial charge on any atom is -0.485 e. The van der Waals surface area contributed by atoms with Crippen molar-refractivity contribution in [2.45, 2.75) is 6.10 Å². The summed E-state index contributed by atoms with van der Waals surface area (Å²) in [7, 11) is 0. The van der Waals surface area contributed by atoms with Gasteiger partial charge < -0.3 is 9.47 Å². The summed E-state index contributed by atoms with van der Waals surface area (Å²) in [5.74, 6) is -1.87. The minimum atomic E-state index is -1.14. The second-order valence-electron chi connectivity index (χ2n) is 4.47. The molecule has 6 heteroatoms. The molecule has 1 unspecified atom stereocenters. The third-order valence-corrected chi connectivity index (χ3v) is 3.39. The first-order chi connectivity index (χ1) is 10.1. The average Bonchev–Trinajstić information content (AvgIpc) is 2.50. The van der Waals surface area contributed by atoms with Crippen LogP contribution in [0.1, 0.15) is 10.4 Å². The first-order valence-corrected chi connectivity index (χ1v) is 6.51. The lowest BCUT2D eigenvalue weighted by Gasteiger charge is -2.25. The van der Waals surface area contributed by atoms with Gasteiger partial charge >= 0.3 is 0 Å². The highest BCUT2D eigenvalue weighted by Crippen LogP contribution is 2.32. The highest BCUT2D eigenvalue weighted by atomic mass is 35.5. The van der Waals surface area contributed by atoms with Crippen LogP contribution in [-0.2, 0) is 0 Å². The van der Waals surface area contributed by atoms with Crippen molar-refractivity contribution in [3.8, 4) is 11.5 Å². The molecule has 21 heavy (non-hydrogen) atoms. The average molecular weight is 311 g/mol. The van der Waals surface area contributed by atoms with Crippen molar-refractivity contribution in [2.24, 2.45) is 0 Å². The number of rotatable bonds is 2. The number of carbonyl (C=O) groups is 1. The van der Waals surface area contributed by atoms with E-state index >= 15 is 0 Å². The second-order valence-corrected chi connectivity index (χ2v) is 4.88. The molecule has 1 heterocycles. The van der Waals surface area contributed by atoms with E-state index in [1.54, 1.807) is 24.3 Å². The Kier molecular flexibility index (Phi) is 3.51. The zero-order valence-electron chi connectivity index (χ0n) is 10.6. The molecule has 0 radical (unpaired) electrons. The van der Waals surface area contributed by atoms with Gasteiger partial charge in [0.05, 0.1) is 5.02 Å². The van der Waals surface area contributed by atoms with E-state index < -0.39 is 23.5 Å². The first-order valence-electron chi connectivity index (χ1n) is 6.13. The Labute approximate surface area is 124 Å². The summed E-state index contributed by atoms with van der Waals surface area (Å²) in [5, 5.41) is -0.165. The normalized spacial score (nSPS) is 16.6. The molecule has 1 atom stereocenters. The van der Waals surface area contributed by atoms with E-state index in [-0.39, 0.29) is 17.2 Å². The SMILES string of the molecule is O=C(c1cc(F)c(F)cc1Cl)C1COc2ccccc2O1. The summed E-state index contributed by atoms with van der Waals surface area (Å²) >= 11 is 5.79. The Balaban J connectivity index is 1.89. The van der Waals surface area contributed by atoms with Crippen LogP contribution in [-0.4, -0.2) is 18.5 Å². The maximum absolute atomic E-state index is 13.3. The summed E-state index contributed by atoms with van der Waals surface area (Å²) in [6.07, 6.45) is -0.956. The molecule has 0 amide bonds. The molecule has 0 spiro atoms. The number of para-hydroxylation sites is 2. The van der Waals surface area contributed by atoms with E-state index in [0.717, 1.165) is 12.1 Å². The van der Waals surface area contributed by atoms with Gasteiger partial charge in [0.25, 0.3) is 0 Å². The van der Waals surface area contributed by atoms with Gasteiger partial charge in [-0.3, -0.25) is 4.79 Å². The van der Waals surface area contributed by atoms with Crippen LogP contribution in [0.15, 0.2) is 36.4 Å². The molecule has 0 saturated carbocycles. The van der Waals surface area contributed by atoms with E-state index in [0.29, 0.717) is 11.5 Å². The number of carbonyl (C=O) groups excluding carboxylic acids is 1.